The van der Waals surface area contributed by atoms with Crippen molar-refractivity contribution >= 4 is 11.7 Å². The SMILES string of the molecule is COc1ccc(F)cc1C(=O)NCc1ccc(-c2nn(C3CCCOC3)c(N)c2C#N)c(F)c1. The molecule has 2 heterocycles. The number of halogens is 2. The van der Waals surface area contributed by atoms with Gasteiger partial charge in [0.2, 0.25) is 0 Å². The van der Waals surface area contributed by atoms with Crippen LogP contribution in [0.5, 0.6) is 5.75 Å². The molecular formula is C24H23F2N5O3. The molecule has 1 atom stereocenters. The number of carbonyl (C=O) groups excluding carboxylic acids is 1. The Hall–Kier alpha value is -3.97. The van der Waals surface area contributed by atoms with Crippen molar-refractivity contribution in [2.45, 2.75) is 25.4 Å². The molecule has 8 nitrogen and oxygen atoms in total. The van der Waals surface area contributed by atoms with Gasteiger partial charge in [0.25, 0.3) is 5.91 Å². The molecule has 1 unspecified atom stereocenters. The predicted molar refractivity (Wildman–Crippen MR) is 120 cm³/mol. The molecule has 0 bridgehead atoms. The summed E-state index contributed by atoms with van der Waals surface area (Å²) in [5.41, 5.74) is 7.03. The minimum Gasteiger partial charge on any atom is -0.496 e. The molecule has 0 spiro atoms. The Morgan fingerprint density at radius 1 is 1.35 bits per heavy atom. The third-order valence-corrected chi connectivity index (χ3v) is 5.69. The number of ether oxygens (including phenoxy) is 2. The monoisotopic (exact) mass is 467 g/mol. The molecule has 3 aromatic rings. The fourth-order valence-electron chi connectivity index (χ4n) is 3.94. The Kier molecular flexibility index (Phi) is 6.75. The van der Waals surface area contributed by atoms with E-state index in [9.17, 15) is 14.4 Å². The van der Waals surface area contributed by atoms with E-state index in [1.165, 1.54) is 36.1 Å². The van der Waals surface area contributed by atoms with Crippen LogP contribution in [0.2, 0.25) is 0 Å². The lowest BCUT2D eigenvalue weighted by molar-refractivity contribution is 0.0558. The van der Waals surface area contributed by atoms with Gasteiger partial charge < -0.3 is 20.5 Å². The Morgan fingerprint density at radius 2 is 2.18 bits per heavy atom. The molecule has 1 amide bonds. The zero-order chi connectivity index (χ0) is 24.2. The number of aromatic nitrogens is 2. The van der Waals surface area contributed by atoms with E-state index in [0.29, 0.717) is 18.8 Å². The van der Waals surface area contributed by atoms with Crippen molar-refractivity contribution in [1.29, 1.82) is 5.26 Å². The standard InChI is InChI=1S/C24H23F2N5O3/c1-33-21-7-5-15(25)10-18(21)24(32)29-12-14-4-6-17(20(26)9-14)22-19(11-27)23(28)31(30-22)16-3-2-8-34-13-16/h4-7,9-10,16H,2-3,8,12-13,28H2,1H3,(H,29,32). The molecule has 3 N–H and O–H groups in total. The number of nitrogens with one attached hydrogen (secondary N) is 1. The van der Waals surface area contributed by atoms with E-state index in [2.05, 4.69) is 10.4 Å². The van der Waals surface area contributed by atoms with Crippen molar-refractivity contribution in [2.75, 3.05) is 26.1 Å². The topological polar surface area (TPSA) is 115 Å². The van der Waals surface area contributed by atoms with Crippen molar-refractivity contribution in [1.82, 2.24) is 15.1 Å². The number of nitriles is 1. The van der Waals surface area contributed by atoms with Crippen LogP contribution in [0.25, 0.3) is 11.3 Å². The van der Waals surface area contributed by atoms with Crippen LogP contribution in [0.1, 0.15) is 40.4 Å². The van der Waals surface area contributed by atoms with E-state index in [1.54, 1.807) is 6.07 Å². The van der Waals surface area contributed by atoms with E-state index in [1.807, 2.05) is 6.07 Å². The molecule has 0 aliphatic carbocycles. The first-order valence-electron chi connectivity index (χ1n) is 10.7. The summed E-state index contributed by atoms with van der Waals surface area (Å²) in [4.78, 5) is 12.5. The molecule has 176 valence electrons. The minimum absolute atomic E-state index is 0.00317. The van der Waals surface area contributed by atoms with Crippen LogP contribution in [0.15, 0.2) is 36.4 Å². The first-order chi connectivity index (χ1) is 16.4. The van der Waals surface area contributed by atoms with E-state index < -0.39 is 17.5 Å². The van der Waals surface area contributed by atoms with Crippen molar-refractivity contribution in [3.05, 3.63) is 64.7 Å². The van der Waals surface area contributed by atoms with E-state index in [-0.39, 0.29) is 46.5 Å². The number of carbonyl (C=O) groups is 1. The molecule has 1 aliphatic heterocycles. The maximum Gasteiger partial charge on any atom is 0.255 e. The fourth-order valence-corrected chi connectivity index (χ4v) is 3.94. The highest BCUT2D eigenvalue weighted by Gasteiger charge is 2.25. The summed E-state index contributed by atoms with van der Waals surface area (Å²) in [5.74, 6) is -1.35. The molecule has 4 rings (SSSR count). The lowest BCUT2D eigenvalue weighted by atomic mass is 10.0. The highest BCUT2D eigenvalue weighted by Crippen LogP contribution is 2.32. The lowest BCUT2D eigenvalue weighted by Crippen LogP contribution is -2.23. The molecule has 1 saturated heterocycles. The zero-order valence-corrected chi connectivity index (χ0v) is 18.5. The van der Waals surface area contributed by atoms with Crippen LogP contribution < -0.4 is 15.8 Å². The number of nitrogens with zero attached hydrogens (tertiary/aromatic N) is 3. The van der Waals surface area contributed by atoms with Gasteiger partial charge in [0.15, 0.2) is 0 Å². The summed E-state index contributed by atoms with van der Waals surface area (Å²) in [6.07, 6.45) is 1.64. The molecule has 1 fully saturated rings. The molecule has 1 aromatic heterocycles. The summed E-state index contributed by atoms with van der Waals surface area (Å²) < 4.78 is 40.7. The molecular weight excluding hydrogens is 444 g/mol. The van der Waals surface area contributed by atoms with Crippen LogP contribution in [0.3, 0.4) is 0 Å². The van der Waals surface area contributed by atoms with E-state index >= 15 is 4.39 Å². The van der Waals surface area contributed by atoms with Gasteiger partial charge >= 0.3 is 0 Å². The summed E-state index contributed by atoms with van der Waals surface area (Å²) in [7, 11) is 1.38. The van der Waals surface area contributed by atoms with Gasteiger partial charge in [-0.25, -0.2) is 13.5 Å². The number of anilines is 1. The average molecular weight is 467 g/mol. The summed E-state index contributed by atoms with van der Waals surface area (Å²) in [6.45, 7) is 1.08. The Labute approximate surface area is 194 Å². The van der Waals surface area contributed by atoms with Crippen molar-refractivity contribution in [3.63, 3.8) is 0 Å². The minimum atomic E-state index is -0.615. The molecule has 0 radical (unpaired) electrons. The van der Waals surface area contributed by atoms with E-state index in [0.717, 1.165) is 18.9 Å². The van der Waals surface area contributed by atoms with Gasteiger partial charge in [0.05, 0.1) is 25.3 Å². The summed E-state index contributed by atoms with van der Waals surface area (Å²) in [6, 6.07) is 9.87. The molecule has 2 aromatic carbocycles. The molecule has 1 aliphatic rings. The number of hydrogen-bond acceptors (Lipinski definition) is 6. The lowest BCUT2D eigenvalue weighted by Gasteiger charge is -2.23. The van der Waals surface area contributed by atoms with Gasteiger partial charge in [-0.2, -0.15) is 10.4 Å². The number of nitrogen functional groups attached to an aromatic ring is 1. The highest BCUT2D eigenvalue weighted by atomic mass is 19.1. The normalized spacial score (nSPS) is 15.5. The van der Waals surface area contributed by atoms with Crippen LogP contribution >= 0.6 is 0 Å². The van der Waals surface area contributed by atoms with Gasteiger partial charge in [-0.05, 0) is 48.7 Å². The third-order valence-electron chi connectivity index (χ3n) is 5.69. The summed E-state index contributed by atoms with van der Waals surface area (Å²) >= 11 is 0. The first kappa shape index (κ1) is 23.2. The van der Waals surface area contributed by atoms with Gasteiger partial charge in [-0.3, -0.25) is 4.79 Å². The number of rotatable bonds is 6. The number of nitrogens with two attached hydrogens (primary N) is 1. The van der Waals surface area contributed by atoms with Crippen LogP contribution in [-0.4, -0.2) is 36.0 Å². The zero-order valence-electron chi connectivity index (χ0n) is 18.5. The second-order valence-electron chi connectivity index (χ2n) is 7.88. The maximum atomic E-state index is 15.0. The number of benzene rings is 2. The Balaban J connectivity index is 1.55. The number of methoxy groups -OCH3 is 1. The molecule has 10 heteroatoms. The van der Waals surface area contributed by atoms with E-state index in [4.69, 9.17) is 15.2 Å². The second-order valence-corrected chi connectivity index (χ2v) is 7.88. The van der Waals surface area contributed by atoms with Gasteiger partial charge in [0, 0.05) is 18.7 Å². The van der Waals surface area contributed by atoms with Gasteiger partial charge in [0.1, 0.15) is 40.5 Å². The first-order valence-corrected chi connectivity index (χ1v) is 10.7. The number of hydrogen-bond donors (Lipinski definition) is 2. The third kappa shape index (κ3) is 4.56. The molecule has 0 saturated carbocycles. The quantitative estimate of drug-likeness (QED) is 0.573. The Morgan fingerprint density at radius 3 is 2.85 bits per heavy atom. The van der Waals surface area contributed by atoms with Crippen LogP contribution in [0, 0.1) is 23.0 Å². The van der Waals surface area contributed by atoms with Crippen LogP contribution in [0.4, 0.5) is 14.6 Å². The summed E-state index contributed by atoms with van der Waals surface area (Å²) in [5, 5.41) is 16.7. The Bertz CT molecular complexity index is 1260. The predicted octanol–water partition coefficient (Wildman–Crippen LogP) is 3.57. The van der Waals surface area contributed by atoms with Crippen molar-refractivity contribution in [2.24, 2.45) is 0 Å². The number of amides is 1. The maximum absolute atomic E-state index is 15.0. The van der Waals surface area contributed by atoms with Crippen molar-refractivity contribution < 1.29 is 23.0 Å². The average Bonchev–Trinajstić information content (AvgIpc) is 3.18. The fraction of sp³-hybridized carbons (Fsp3) is 0.292. The van der Waals surface area contributed by atoms with Crippen LogP contribution in [-0.2, 0) is 11.3 Å². The second kappa shape index (κ2) is 9.89. The highest BCUT2D eigenvalue weighted by molar-refractivity contribution is 5.96. The smallest absolute Gasteiger partial charge is 0.255 e. The van der Waals surface area contributed by atoms with Crippen molar-refractivity contribution in [3.8, 4) is 23.1 Å². The molecule has 34 heavy (non-hydrogen) atoms. The van der Waals surface area contributed by atoms with Gasteiger partial charge in [-0.1, -0.05) is 6.07 Å². The largest absolute Gasteiger partial charge is 0.496 e. The van der Waals surface area contributed by atoms with Gasteiger partial charge in [-0.15, -0.1) is 0 Å².